The van der Waals surface area contributed by atoms with Crippen LogP contribution in [0.4, 0.5) is 0 Å². The molecule has 2 amide bonds. The molecule has 0 aromatic rings. The Morgan fingerprint density at radius 3 is 2.06 bits per heavy atom. The van der Waals surface area contributed by atoms with Gasteiger partial charge in [0.05, 0.1) is 25.0 Å². The zero-order valence-electron chi connectivity index (χ0n) is 10.6. The Hall–Kier alpha value is -1.42. The number of carbonyl (C=O) groups excluding carboxylic acids is 2. The molecular weight excluding hydrogens is 230 g/mol. The minimum Gasteiger partial charge on any atom is -0.395 e. The summed E-state index contributed by atoms with van der Waals surface area (Å²) >= 11 is 0. The molecule has 3 aliphatic rings. The predicted molar refractivity (Wildman–Crippen MR) is 65.3 cm³/mol. The molecule has 0 spiro atoms. The highest BCUT2D eigenvalue weighted by atomic mass is 16.3. The summed E-state index contributed by atoms with van der Waals surface area (Å²) in [7, 11) is 0. The maximum Gasteiger partial charge on any atom is 0.234 e. The third-order valence-corrected chi connectivity index (χ3v) is 4.41. The summed E-state index contributed by atoms with van der Waals surface area (Å²) in [4.78, 5) is 25.8. The van der Waals surface area contributed by atoms with Crippen LogP contribution in [0.2, 0.25) is 0 Å². The summed E-state index contributed by atoms with van der Waals surface area (Å²) in [5.74, 6) is -0.438. The van der Waals surface area contributed by atoms with Crippen LogP contribution in [-0.2, 0) is 9.59 Å². The Morgan fingerprint density at radius 1 is 1.17 bits per heavy atom. The number of aliphatic hydroxyl groups is 1. The number of carbonyl (C=O) groups is 2. The molecule has 3 rings (SSSR count). The molecule has 1 aliphatic heterocycles. The fourth-order valence-electron chi connectivity index (χ4n) is 3.81. The van der Waals surface area contributed by atoms with E-state index < -0.39 is 0 Å². The van der Waals surface area contributed by atoms with Crippen LogP contribution in [0.3, 0.4) is 0 Å². The average Bonchev–Trinajstić information content (AvgIpc) is 2.95. The van der Waals surface area contributed by atoms with Crippen molar-refractivity contribution in [2.45, 2.75) is 13.8 Å². The number of aliphatic hydroxyl groups excluding tert-OH is 1. The zero-order valence-corrected chi connectivity index (χ0v) is 10.6. The van der Waals surface area contributed by atoms with Crippen molar-refractivity contribution in [1.29, 1.82) is 0 Å². The minimum atomic E-state index is -0.219. The summed E-state index contributed by atoms with van der Waals surface area (Å²) in [5.41, 5.74) is 2.48. The van der Waals surface area contributed by atoms with E-state index in [1.165, 1.54) is 16.0 Å². The highest BCUT2D eigenvalue weighted by Crippen LogP contribution is 2.56. The SMILES string of the molecule is CC(C)=C1C2C=CC1C1C(=O)N(CCO)C(=O)C21. The maximum atomic E-state index is 12.3. The van der Waals surface area contributed by atoms with Crippen molar-refractivity contribution in [3.8, 4) is 0 Å². The lowest BCUT2D eigenvalue weighted by atomic mass is 9.85. The van der Waals surface area contributed by atoms with Crippen LogP contribution in [0, 0.1) is 23.7 Å². The van der Waals surface area contributed by atoms with Gasteiger partial charge in [-0.05, 0) is 13.8 Å². The Morgan fingerprint density at radius 2 is 1.67 bits per heavy atom. The van der Waals surface area contributed by atoms with E-state index in [4.69, 9.17) is 5.11 Å². The van der Waals surface area contributed by atoms with Crippen LogP contribution >= 0.6 is 0 Å². The third-order valence-electron chi connectivity index (χ3n) is 4.41. The number of nitrogens with zero attached hydrogens (tertiary/aromatic N) is 1. The van der Waals surface area contributed by atoms with E-state index >= 15 is 0 Å². The Labute approximate surface area is 106 Å². The van der Waals surface area contributed by atoms with Gasteiger partial charge >= 0.3 is 0 Å². The van der Waals surface area contributed by atoms with Gasteiger partial charge in [0.1, 0.15) is 0 Å². The largest absolute Gasteiger partial charge is 0.395 e. The molecule has 96 valence electrons. The Kier molecular flexibility index (Phi) is 2.45. The molecular formula is C14H17NO3. The molecule has 1 heterocycles. The second kappa shape index (κ2) is 3.79. The summed E-state index contributed by atoms with van der Waals surface area (Å²) in [6, 6.07) is 0. The van der Waals surface area contributed by atoms with E-state index in [1.807, 2.05) is 13.8 Å². The Bertz CT molecular complexity index is 453. The highest BCUT2D eigenvalue weighted by Gasteiger charge is 2.61. The number of rotatable bonds is 2. The number of hydrogen-bond acceptors (Lipinski definition) is 3. The summed E-state index contributed by atoms with van der Waals surface area (Å²) in [6.07, 6.45) is 4.14. The number of likely N-dealkylation sites (tertiary alicyclic amines) is 1. The monoisotopic (exact) mass is 247 g/mol. The molecule has 0 aromatic carbocycles. The van der Waals surface area contributed by atoms with Gasteiger partial charge in [-0.1, -0.05) is 23.3 Å². The number of imide groups is 1. The summed E-state index contributed by atoms with van der Waals surface area (Å²) in [5, 5.41) is 8.94. The lowest BCUT2D eigenvalue weighted by molar-refractivity contribution is -0.141. The first-order valence-electron chi connectivity index (χ1n) is 6.39. The van der Waals surface area contributed by atoms with Crippen molar-refractivity contribution in [2.24, 2.45) is 23.7 Å². The number of amides is 2. The molecule has 1 N–H and O–H groups in total. The molecule has 1 saturated heterocycles. The molecule has 4 atom stereocenters. The van der Waals surface area contributed by atoms with Gasteiger partial charge in [0, 0.05) is 11.8 Å². The standard InChI is InChI=1S/C14H17NO3/c1-7(2)10-8-3-4-9(10)12-11(8)13(17)15(5-6-16)14(12)18/h3-4,8-9,11-12,16H,5-6H2,1-2H3. The van der Waals surface area contributed by atoms with Crippen molar-refractivity contribution in [3.63, 3.8) is 0 Å². The highest BCUT2D eigenvalue weighted by molar-refractivity contribution is 6.07. The number of hydrogen-bond donors (Lipinski definition) is 1. The first-order chi connectivity index (χ1) is 8.57. The van der Waals surface area contributed by atoms with Crippen LogP contribution in [0.25, 0.3) is 0 Å². The fraction of sp³-hybridized carbons (Fsp3) is 0.571. The van der Waals surface area contributed by atoms with Crippen molar-refractivity contribution < 1.29 is 14.7 Å². The fourth-order valence-corrected chi connectivity index (χ4v) is 3.81. The first kappa shape index (κ1) is 11.7. The molecule has 18 heavy (non-hydrogen) atoms. The molecule has 2 bridgehead atoms. The molecule has 0 radical (unpaired) electrons. The Balaban J connectivity index is 2.01. The van der Waals surface area contributed by atoms with Crippen LogP contribution in [0.1, 0.15) is 13.8 Å². The van der Waals surface area contributed by atoms with Gasteiger partial charge in [0.2, 0.25) is 11.8 Å². The molecule has 4 heteroatoms. The van der Waals surface area contributed by atoms with E-state index in [9.17, 15) is 9.59 Å². The minimum absolute atomic E-state index is 0.102. The van der Waals surface area contributed by atoms with Gasteiger partial charge < -0.3 is 5.11 Å². The number of β-amino-alcohol motifs (C(OH)–C–C–N with tert-alkyl or cyclic N) is 1. The second-order valence-corrected chi connectivity index (χ2v) is 5.50. The van der Waals surface area contributed by atoms with Crippen molar-refractivity contribution in [1.82, 2.24) is 4.90 Å². The first-order valence-corrected chi connectivity index (χ1v) is 6.39. The number of allylic oxidation sites excluding steroid dienone is 4. The summed E-state index contributed by atoms with van der Waals surface area (Å²) < 4.78 is 0. The lowest BCUT2D eigenvalue weighted by Crippen LogP contribution is -2.35. The van der Waals surface area contributed by atoms with Gasteiger partial charge in [0.15, 0.2) is 0 Å². The quantitative estimate of drug-likeness (QED) is 0.578. The van der Waals surface area contributed by atoms with E-state index in [2.05, 4.69) is 12.2 Å². The van der Waals surface area contributed by atoms with Crippen LogP contribution in [0.15, 0.2) is 23.3 Å². The molecule has 2 aliphatic carbocycles. The third kappa shape index (κ3) is 1.24. The molecule has 0 aromatic heterocycles. The van der Waals surface area contributed by atoms with E-state index in [1.54, 1.807) is 0 Å². The molecule has 4 nitrogen and oxygen atoms in total. The van der Waals surface area contributed by atoms with Gasteiger partial charge in [-0.3, -0.25) is 14.5 Å². The van der Waals surface area contributed by atoms with Crippen molar-refractivity contribution in [2.75, 3.05) is 13.2 Å². The van der Waals surface area contributed by atoms with Crippen molar-refractivity contribution >= 4 is 11.8 Å². The lowest BCUT2D eigenvalue weighted by Gasteiger charge is -2.18. The van der Waals surface area contributed by atoms with Gasteiger partial charge in [-0.2, -0.15) is 0 Å². The van der Waals surface area contributed by atoms with Gasteiger partial charge in [-0.15, -0.1) is 0 Å². The summed E-state index contributed by atoms with van der Waals surface area (Å²) in [6.45, 7) is 4.07. The molecule has 4 unspecified atom stereocenters. The number of fused-ring (bicyclic) bond motifs is 5. The van der Waals surface area contributed by atoms with E-state index in [-0.39, 0.29) is 48.6 Å². The topological polar surface area (TPSA) is 57.6 Å². The predicted octanol–water partition coefficient (Wildman–Crippen LogP) is 0.732. The van der Waals surface area contributed by atoms with Crippen LogP contribution in [0.5, 0.6) is 0 Å². The van der Waals surface area contributed by atoms with E-state index in [0.29, 0.717) is 0 Å². The van der Waals surface area contributed by atoms with Crippen LogP contribution < -0.4 is 0 Å². The van der Waals surface area contributed by atoms with Crippen LogP contribution in [-0.4, -0.2) is 35.0 Å². The van der Waals surface area contributed by atoms with Gasteiger partial charge in [0.25, 0.3) is 0 Å². The normalized spacial score (nSPS) is 36.8. The smallest absolute Gasteiger partial charge is 0.234 e. The second-order valence-electron chi connectivity index (χ2n) is 5.50. The molecule has 1 saturated carbocycles. The van der Waals surface area contributed by atoms with Gasteiger partial charge in [-0.25, -0.2) is 0 Å². The maximum absolute atomic E-state index is 12.3. The average molecular weight is 247 g/mol. The van der Waals surface area contributed by atoms with E-state index in [0.717, 1.165) is 0 Å². The van der Waals surface area contributed by atoms with Crippen molar-refractivity contribution in [3.05, 3.63) is 23.3 Å². The molecule has 2 fully saturated rings. The zero-order chi connectivity index (χ0) is 13.0.